The molecule has 12 heteroatoms. The Hall–Kier alpha value is -2.25. The molecular formula is C30H43BrN4O7. The van der Waals surface area contributed by atoms with Crippen LogP contribution in [0.4, 0.5) is 5.69 Å². The van der Waals surface area contributed by atoms with E-state index < -0.39 is 35.6 Å². The summed E-state index contributed by atoms with van der Waals surface area (Å²) in [5.41, 5.74) is -0.594. The molecule has 0 radical (unpaired) electrons. The summed E-state index contributed by atoms with van der Waals surface area (Å²) >= 11 is 3.71. The van der Waals surface area contributed by atoms with Gasteiger partial charge < -0.3 is 34.9 Å². The highest BCUT2D eigenvalue weighted by Crippen LogP contribution is 2.60. The van der Waals surface area contributed by atoms with Crippen molar-refractivity contribution in [3.63, 3.8) is 0 Å². The molecule has 4 aliphatic heterocycles. The minimum atomic E-state index is -1.18. The van der Waals surface area contributed by atoms with Crippen molar-refractivity contribution >= 4 is 39.3 Å². The van der Waals surface area contributed by atoms with Crippen molar-refractivity contribution in [2.75, 3.05) is 57.9 Å². The van der Waals surface area contributed by atoms with Crippen molar-refractivity contribution in [2.45, 2.75) is 62.2 Å². The van der Waals surface area contributed by atoms with Crippen LogP contribution in [0.1, 0.15) is 33.6 Å². The molecule has 0 aromatic heterocycles. The van der Waals surface area contributed by atoms with E-state index in [2.05, 4.69) is 31.5 Å². The molecule has 1 aromatic rings. The number of halogens is 1. The van der Waals surface area contributed by atoms with Gasteiger partial charge in [-0.3, -0.25) is 19.3 Å². The minimum Gasteiger partial charge on any atom is -0.494 e. The lowest BCUT2D eigenvalue weighted by Gasteiger charge is -2.37. The summed E-state index contributed by atoms with van der Waals surface area (Å²) in [7, 11) is 0. The number of hydrogen-bond acceptors (Lipinski definition) is 8. The Morgan fingerprint density at radius 1 is 1.19 bits per heavy atom. The predicted molar refractivity (Wildman–Crippen MR) is 159 cm³/mol. The van der Waals surface area contributed by atoms with Gasteiger partial charge in [0.15, 0.2) is 0 Å². The molecule has 3 N–H and O–H groups in total. The molecule has 5 rings (SSSR count). The summed E-state index contributed by atoms with van der Waals surface area (Å²) in [6.45, 7) is 10.2. The van der Waals surface area contributed by atoms with Crippen LogP contribution in [0.15, 0.2) is 24.3 Å². The van der Waals surface area contributed by atoms with E-state index in [-0.39, 0.29) is 35.1 Å². The fraction of sp³-hybridized carbons (Fsp3) is 0.700. The Morgan fingerprint density at radius 3 is 2.55 bits per heavy atom. The van der Waals surface area contributed by atoms with Gasteiger partial charge in [-0.1, -0.05) is 29.8 Å². The van der Waals surface area contributed by atoms with Crippen LogP contribution in [-0.4, -0.2) is 114 Å². The van der Waals surface area contributed by atoms with E-state index >= 15 is 0 Å². The molecule has 3 amide bonds. The molecule has 7 atom stereocenters. The highest BCUT2D eigenvalue weighted by Gasteiger charge is 2.77. The molecule has 2 bridgehead atoms. The number of anilines is 1. The zero-order valence-electron chi connectivity index (χ0n) is 24.6. The molecule has 0 saturated carbocycles. The maximum Gasteiger partial charge on any atom is 0.245 e. The summed E-state index contributed by atoms with van der Waals surface area (Å²) in [5.74, 6) is -1.71. The van der Waals surface area contributed by atoms with Gasteiger partial charge in [-0.05, 0) is 49.9 Å². The number of aliphatic hydroxyl groups is 1. The third-order valence-corrected chi connectivity index (χ3v) is 9.73. The van der Waals surface area contributed by atoms with Crippen LogP contribution in [0.5, 0.6) is 5.75 Å². The van der Waals surface area contributed by atoms with Gasteiger partial charge in [-0.25, -0.2) is 0 Å². The molecular weight excluding hydrogens is 608 g/mol. The summed E-state index contributed by atoms with van der Waals surface area (Å²) < 4.78 is 17.5. The summed E-state index contributed by atoms with van der Waals surface area (Å²) in [4.78, 5) is 45.7. The first-order valence-electron chi connectivity index (χ1n) is 15.1. The number of carbonyl (C=O) groups is 3. The van der Waals surface area contributed by atoms with E-state index in [1.54, 1.807) is 24.3 Å². The first-order valence-corrected chi connectivity index (χ1v) is 16.0. The molecule has 4 aliphatic rings. The molecule has 42 heavy (non-hydrogen) atoms. The number of morpholine rings is 1. The van der Waals surface area contributed by atoms with Gasteiger partial charge in [0.25, 0.3) is 0 Å². The molecule has 11 nitrogen and oxygen atoms in total. The van der Waals surface area contributed by atoms with Crippen LogP contribution >= 0.6 is 15.9 Å². The fourth-order valence-corrected chi connectivity index (χ4v) is 8.11. The fourth-order valence-electron chi connectivity index (χ4n) is 7.17. The third kappa shape index (κ3) is 5.93. The van der Waals surface area contributed by atoms with Crippen LogP contribution in [0, 0.1) is 17.8 Å². The second-order valence-electron chi connectivity index (χ2n) is 12.1. The van der Waals surface area contributed by atoms with Crippen molar-refractivity contribution in [3.8, 4) is 5.75 Å². The monoisotopic (exact) mass is 650 g/mol. The van der Waals surface area contributed by atoms with Crippen LogP contribution < -0.4 is 15.4 Å². The number of nitrogens with one attached hydrogen (secondary N) is 2. The lowest BCUT2D eigenvalue weighted by molar-refractivity contribution is -0.145. The standard InChI is InChI=1S/C30H43BrN4O7/c1-4-41-21-7-5-19(6-8-21)33-27(37)23-24-29(39)35(20(17-36)15-18(2)3)26(30(24)16-22(31)25(23)42-30)28(38)32-9-10-34-11-13-40-14-12-34/h5-8,18,20,22-26,36H,4,9-17H2,1-3H3,(H,32,38)(H,33,37)/t20-,22?,23+,24+,25+,26?,30?/m1/s1. The van der Waals surface area contributed by atoms with E-state index in [9.17, 15) is 19.5 Å². The number of amides is 3. The zero-order chi connectivity index (χ0) is 30.0. The largest absolute Gasteiger partial charge is 0.494 e. The second kappa shape index (κ2) is 13.2. The normalized spacial score (nSPS) is 31.3. The first kappa shape index (κ1) is 31.2. The molecule has 3 unspecified atom stereocenters. The van der Waals surface area contributed by atoms with E-state index in [0.717, 1.165) is 13.1 Å². The lowest BCUT2D eigenvalue weighted by Crippen LogP contribution is -2.59. The smallest absolute Gasteiger partial charge is 0.245 e. The van der Waals surface area contributed by atoms with Gasteiger partial charge in [0, 0.05) is 36.7 Å². The molecule has 4 fully saturated rings. The summed E-state index contributed by atoms with van der Waals surface area (Å²) in [6.07, 6.45) is 0.371. The van der Waals surface area contributed by atoms with Crippen LogP contribution in [0.3, 0.4) is 0 Å². The quantitative estimate of drug-likeness (QED) is 0.291. The average Bonchev–Trinajstić information content (AvgIpc) is 3.56. The number of carbonyl (C=O) groups excluding carboxylic acids is 3. The van der Waals surface area contributed by atoms with Crippen LogP contribution in [-0.2, 0) is 23.9 Å². The topological polar surface area (TPSA) is 130 Å². The van der Waals surface area contributed by atoms with E-state index in [0.29, 0.717) is 57.2 Å². The average molecular weight is 652 g/mol. The van der Waals surface area contributed by atoms with Gasteiger partial charge >= 0.3 is 0 Å². The highest BCUT2D eigenvalue weighted by molar-refractivity contribution is 9.09. The van der Waals surface area contributed by atoms with Gasteiger partial charge in [-0.2, -0.15) is 0 Å². The number of nitrogens with zero attached hydrogens (tertiary/aromatic N) is 2. The molecule has 4 heterocycles. The molecule has 0 aliphatic carbocycles. The number of aliphatic hydroxyl groups excluding tert-OH is 1. The van der Waals surface area contributed by atoms with Crippen molar-refractivity contribution < 1.29 is 33.7 Å². The summed E-state index contributed by atoms with van der Waals surface area (Å²) in [5, 5.41) is 16.4. The Morgan fingerprint density at radius 2 is 1.90 bits per heavy atom. The molecule has 4 saturated heterocycles. The van der Waals surface area contributed by atoms with Crippen molar-refractivity contribution in [1.29, 1.82) is 0 Å². The van der Waals surface area contributed by atoms with Crippen molar-refractivity contribution in [1.82, 2.24) is 15.1 Å². The van der Waals surface area contributed by atoms with Crippen molar-refractivity contribution in [3.05, 3.63) is 24.3 Å². The van der Waals surface area contributed by atoms with Gasteiger partial charge in [0.05, 0.1) is 50.4 Å². The maximum absolute atomic E-state index is 14.3. The van der Waals surface area contributed by atoms with E-state index in [1.165, 1.54) is 4.90 Å². The number of rotatable bonds is 12. The Balaban J connectivity index is 1.40. The van der Waals surface area contributed by atoms with Crippen LogP contribution in [0.2, 0.25) is 0 Å². The maximum atomic E-state index is 14.3. The number of hydrogen-bond donors (Lipinski definition) is 3. The number of alkyl halides is 1. The highest BCUT2D eigenvalue weighted by atomic mass is 79.9. The van der Waals surface area contributed by atoms with Gasteiger partial charge in [0.1, 0.15) is 17.4 Å². The molecule has 1 spiro atoms. The van der Waals surface area contributed by atoms with E-state index in [1.807, 2.05) is 20.8 Å². The van der Waals surface area contributed by atoms with Crippen molar-refractivity contribution in [2.24, 2.45) is 17.8 Å². The third-order valence-electron chi connectivity index (χ3n) is 8.89. The Labute approximate surface area is 255 Å². The lowest BCUT2D eigenvalue weighted by atomic mass is 9.70. The number of likely N-dealkylation sites (tertiary alicyclic amines) is 1. The molecule has 1 aromatic carbocycles. The Kier molecular flexibility index (Phi) is 9.78. The minimum absolute atomic E-state index is 0.179. The van der Waals surface area contributed by atoms with E-state index in [4.69, 9.17) is 14.2 Å². The van der Waals surface area contributed by atoms with Crippen LogP contribution in [0.25, 0.3) is 0 Å². The zero-order valence-corrected chi connectivity index (χ0v) is 26.2. The summed E-state index contributed by atoms with van der Waals surface area (Å²) in [6, 6.07) is 5.56. The number of benzene rings is 1. The van der Waals surface area contributed by atoms with Gasteiger partial charge in [0.2, 0.25) is 17.7 Å². The SMILES string of the molecule is CCOc1ccc(NC(=O)[C@H]2[C@H]3C(=O)N([C@@H](CO)CC(C)C)C(C(=O)NCCN4CCOCC4)C34CC(Br)[C@@H]2O4)cc1. The molecule has 232 valence electrons. The van der Waals surface area contributed by atoms with Gasteiger partial charge in [-0.15, -0.1) is 0 Å². The first-order chi connectivity index (χ1) is 20.2. The second-order valence-corrected chi connectivity index (χ2v) is 13.2. The Bertz CT molecular complexity index is 1130. The predicted octanol–water partition coefficient (Wildman–Crippen LogP) is 1.63. The number of fused-ring (bicyclic) bond motifs is 1. The number of ether oxygens (including phenoxy) is 3.